The number of hydrogen-bond acceptors (Lipinski definition) is 6. The molecule has 0 saturated carbocycles. The summed E-state index contributed by atoms with van der Waals surface area (Å²) in [5, 5.41) is 4.55. The first kappa shape index (κ1) is 29.9. The number of amides is 3. The van der Waals surface area contributed by atoms with E-state index in [-0.39, 0.29) is 24.2 Å². The van der Waals surface area contributed by atoms with E-state index in [0.29, 0.717) is 25.3 Å². The number of alkyl halides is 6. The number of carbonyl (C=O) groups excluding carboxylic acids is 3. The molecule has 3 rings (SSSR count). The number of nitrogens with zero attached hydrogens (tertiary/aromatic N) is 3. The average molecular weight is 726 g/mol. The van der Waals surface area contributed by atoms with Crippen molar-refractivity contribution >= 4 is 77.1 Å². The van der Waals surface area contributed by atoms with E-state index in [9.17, 15) is 27.6 Å². The third-order valence-electron chi connectivity index (χ3n) is 5.87. The summed E-state index contributed by atoms with van der Waals surface area (Å²) in [4.78, 5) is 39.9. The molecule has 2 unspecified atom stereocenters. The average Bonchev–Trinajstić information content (AvgIpc) is 3.15. The van der Waals surface area contributed by atoms with E-state index in [1.807, 2.05) is 11.8 Å². The molecule has 37 heavy (non-hydrogen) atoms. The summed E-state index contributed by atoms with van der Waals surface area (Å²) in [5.41, 5.74) is 0.492. The maximum Gasteiger partial charge on any atom is 0.471 e. The number of carbonyl (C=O) groups is 3. The monoisotopic (exact) mass is 723 g/mol. The molecule has 206 valence electrons. The van der Waals surface area contributed by atoms with Crippen molar-refractivity contribution in [2.45, 2.75) is 40.5 Å². The summed E-state index contributed by atoms with van der Waals surface area (Å²) < 4.78 is 56.5. The number of rotatable bonds is 6. The molecule has 2 heterocycles. The minimum Gasteiger partial charge on any atom is -0.442 e. The van der Waals surface area contributed by atoms with Gasteiger partial charge in [-0.3, -0.25) is 19.4 Å². The Bertz CT molecular complexity index is 1040. The summed E-state index contributed by atoms with van der Waals surface area (Å²) >= 11 is 10.4. The molecule has 9 nitrogen and oxygen atoms in total. The highest BCUT2D eigenvalue weighted by Crippen LogP contribution is 2.40. The van der Waals surface area contributed by atoms with Crippen molar-refractivity contribution < 1.29 is 36.7 Å². The summed E-state index contributed by atoms with van der Waals surface area (Å²) in [6, 6.07) is 4.12. The first-order valence-corrected chi connectivity index (χ1v) is 13.4. The van der Waals surface area contributed by atoms with Crippen LogP contribution in [0.5, 0.6) is 0 Å². The van der Waals surface area contributed by atoms with Gasteiger partial charge in [-0.05, 0) is 25.1 Å². The highest BCUT2D eigenvalue weighted by atomic mass is 80.0. The van der Waals surface area contributed by atoms with Crippen LogP contribution in [0.4, 0.5) is 33.7 Å². The maximum absolute atomic E-state index is 15.1. The zero-order valence-electron chi connectivity index (χ0n) is 19.6. The van der Waals surface area contributed by atoms with Crippen LogP contribution >= 0.6 is 47.8 Å². The largest absolute Gasteiger partial charge is 0.471 e. The third-order valence-corrected chi connectivity index (χ3v) is 7.17. The van der Waals surface area contributed by atoms with Gasteiger partial charge in [0.1, 0.15) is 18.1 Å². The van der Waals surface area contributed by atoms with Crippen molar-refractivity contribution in [3.63, 3.8) is 0 Å². The van der Waals surface area contributed by atoms with Gasteiger partial charge in [0.25, 0.3) is 0 Å². The van der Waals surface area contributed by atoms with Gasteiger partial charge in [0.2, 0.25) is 5.91 Å². The van der Waals surface area contributed by atoms with Crippen molar-refractivity contribution in [2.24, 2.45) is 0 Å². The molecule has 16 heteroatoms. The van der Waals surface area contributed by atoms with Gasteiger partial charge in [-0.15, -0.1) is 0 Å². The topological polar surface area (TPSA) is 94.2 Å². The molecule has 0 radical (unpaired) electrons. The van der Waals surface area contributed by atoms with Crippen LogP contribution < -0.4 is 20.4 Å². The van der Waals surface area contributed by atoms with Crippen LogP contribution in [0.2, 0.25) is 0 Å². The molecule has 2 saturated heterocycles. The lowest BCUT2D eigenvalue weighted by atomic mass is 10.1. The van der Waals surface area contributed by atoms with Gasteiger partial charge in [-0.1, -0.05) is 47.8 Å². The number of nitrogens with one attached hydrogen (secondary N) is 2. The number of cyclic esters (lactones) is 1. The summed E-state index contributed by atoms with van der Waals surface area (Å²) in [5.74, 6) is -2.94. The molecule has 3 atom stereocenters. The molecular formula is C21H24Br3F4N5O4. The number of halogens is 7. The standard InChI is InChI=1S/C21H24Br3F4N5O4/c1-11-9-31(5-6-32(11)17(20(22,23)24)30-12(2)34)16-4-3-13(7-15(16)25)33-10-14(37-19(33)36)8-29-18(35)21(26,27)28/h3-4,7,11,14,17H,5-6,8-10H2,1-2H3,(H,29,35)(H,30,34)/t11?,14-,17?/m0/s1. The third kappa shape index (κ3) is 7.47. The maximum atomic E-state index is 15.1. The van der Waals surface area contributed by atoms with Crippen LogP contribution in [-0.2, 0) is 14.3 Å². The lowest BCUT2D eigenvalue weighted by Gasteiger charge is -2.46. The van der Waals surface area contributed by atoms with E-state index in [0.717, 1.165) is 11.0 Å². The van der Waals surface area contributed by atoms with E-state index in [1.165, 1.54) is 19.1 Å². The Labute approximate surface area is 235 Å². The van der Waals surface area contributed by atoms with E-state index < -0.39 is 45.0 Å². The molecule has 3 amide bonds. The predicted molar refractivity (Wildman–Crippen MR) is 139 cm³/mol. The van der Waals surface area contributed by atoms with Crippen LogP contribution in [0, 0.1) is 5.82 Å². The van der Waals surface area contributed by atoms with Crippen molar-refractivity contribution in [3.05, 3.63) is 24.0 Å². The van der Waals surface area contributed by atoms with Gasteiger partial charge in [0.15, 0.2) is 2.14 Å². The molecule has 0 aromatic heterocycles. The minimum absolute atomic E-state index is 0.0853. The number of benzene rings is 1. The second-order valence-electron chi connectivity index (χ2n) is 8.64. The van der Waals surface area contributed by atoms with Crippen molar-refractivity contribution in [1.82, 2.24) is 15.5 Å². The SMILES string of the molecule is CC(=O)NC(N1CCN(c2ccc(N3C[C@H](CNC(=O)C(F)(F)F)OC3=O)cc2F)CC1C)C(Br)(Br)Br. The van der Waals surface area contributed by atoms with Gasteiger partial charge in [-0.25, -0.2) is 9.18 Å². The van der Waals surface area contributed by atoms with Crippen molar-refractivity contribution in [2.75, 3.05) is 42.5 Å². The highest BCUT2D eigenvalue weighted by molar-refractivity contribution is 9.39. The van der Waals surface area contributed by atoms with E-state index in [4.69, 9.17) is 4.74 Å². The highest BCUT2D eigenvalue weighted by Gasteiger charge is 2.42. The van der Waals surface area contributed by atoms with Gasteiger partial charge in [-0.2, -0.15) is 13.2 Å². The fourth-order valence-electron chi connectivity index (χ4n) is 4.18. The van der Waals surface area contributed by atoms with Gasteiger partial charge >= 0.3 is 18.2 Å². The van der Waals surface area contributed by atoms with Crippen LogP contribution in [0.3, 0.4) is 0 Å². The molecule has 2 aliphatic rings. The Balaban J connectivity index is 1.65. The number of hydrogen-bond donors (Lipinski definition) is 2. The zero-order chi connectivity index (χ0) is 27.7. The summed E-state index contributed by atoms with van der Waals surface area (Å²) in [6.07, 6.45) is -7.36. The first-order valence-electron chi connectivity index (χ1n) is 11.0. The fraction of sp³-hybridized carbons (Fsp3) is 0.571. The minimum atomic E-state index is -5.05. The second kappa shape index (κ2) is 11.6. The van der Waals surface area contributed by atoms with Crippen molar-refractivity contribution in [1.29, 1.82) is 0 Å². The van der Waals surface area contributed by atoms with Crippen molar-refractivity contribution in [3.8, 4) is 0 Å². The molecule has 0 bridgehead atoms. The van der Waals surface area contributed by atoms with E-state index >= 15 is 4.39 Å². The fourth-order valence-corrected chi connectivity index (χ4v) is 5.32. The van der Waals surface area contributed by atoms with Crippen LogP contribution in [-0.4, -0.2) is 82.2 Å². The second-order valence-corrected chi connectivity index (χ2v) is 15.6. The molecule has 1 aromatic rings. The van der Waals surface area contributed by atoms with E-state index in [1.54, 1.807) is 5.32 Å². The smallest absolute Gasteiger partial charge is 0.442 e. The van der Waals surface area contributed by atoms with E-state index in [2.05, 4.69) is 58.0 Å². The Kier molecular flexibility index (Phi) is 9.39. The lowest BCUT2D eigenvalue weighted by molar-refractivity contribution is -0.173. The number of anilines is 2. The number of piperazine rings is 1. The van der Waals surface area contributed by atoms with Gasteiger partial charge in [0, 0.05) is 32.6 Å². The van der Waals surface area contributed by atoms with Crippen LogP contribution in [0.15, 0.2) is 18.2 Å². The quantitative estimate of drug-likeness (QED) is 0.344. The van der Waals surface area contributed by atoms with Gasteiger partial charge < -0.3 is 20.3 Å². The molecule has 2 N–H and O–H groups in total. The Morgan fingerprint density at radius 2 is 1.86 bits per heavy atom. The molecule has 1 aromatic carbocycles. The predicted octanol–water partition coefficient (Wildman–Crippen LogP) is 3.64. The van der Waals surface area contributed by atoms with Gasteiger partial charge in [0.05, 0.1) is 24.5 Å². The van der Waals surface area contributed by atoms with Crippen LogP contribution in [0.1, 0.15) is 13.8 Å². The normalized spacial score (nSPS) is 22.0. The Morgan fingerprint density at radius 3 is 2.41 bits per heavy atom. The molecule has 0 spiro atoms. The molecule has 0 aliphatic carbocycles. The van der Waals surface area contributed by atoms with Crippen LogP contribution in [0.25, 0.3) is 0 Å². The lowest BCUT2D eigenvalue weighted by Crippen LogP contribution is -2.63. The molecule has 2 aliphatic heterocycles. The Hall–Kier alpha value is -1.65. The zero-order valence-corrected chi connectivity index (χ0v) is 24.4. The first-order chi connectivity index (χ1) is 17.1. The Morgan fingerprint density at radius 1 is 1.19 bits per heavy atom. The summed E-state index contributed by atoms with van der Waals surface area (Å²) in [6.45, 7) is 4.09. The summed E-state index contributed by atoms with van der Waals surface area (Å²) in [7, 11) is 0. The molecule has 2 fully saturated rings. The number of ether oxygens (including phenoxy) is 1. The molecular weight excluding hydrogens is 702 g/mol.